The van der Waals surface area contributed by atoms with E-state index in [2.05, 4.69) is 47.9 Å². The quantitative estimate of drug-likeness (QED) is 0.0286. The number of halogens is 3. The molecule has 0 aliphatic heterocycles. The fourth-order valence-electron chi connectivity index (χ4n) is 6.34. The number of nitrogens with one attached hydrogen (secondary N) is 9. The first kappa shape index (κ1) is 70.5. The first-order chi connectivity index (χ1) is 36.7. The number of alkyl halides is 3. The summed E-state index contributed by atoms with van der Waals surface area (Å²) in [6.07, 6.45) is -7.43. The van der Waals surface area contributed by atoms with Gasteiger partial charge in [0.05, 0.1) is 32.0 Å². The highest BCUT2D eigenvalue weighted by Crippen LogP contribution is 2.13. The van der Waals surface area contributed by atoms with Crippen molar-refractivity contribution in [1.29, 1.82) is 0 Å². The molecule has 79 heavy (non-hydrogen) atoms. The second-order valence-electron chi connectivity index (χ2n) is 17.4. The van der Waals surface area contributed by atoms with Gasteiger partial charge in [-0.2, -0.15) is 13.2 Å². The summed E-state index contributed by atoms with van der Waals surface area (Å²) in [5.74, 6) is -18.6. The maximum Gasteiger partial charge on any atom is 0.490 e. The van der Waals surface area contributed by atoms with Gasteiger partial charge in [0.2, 0.25) is 59.1 Å². The van der Waals surface area contributed by atoms with E-state index in [0.717, 1.165) is 5.56 Å². The molecule has 0 saturated carbocycles. The molecule has 20 N–H and O–H groups in total. The number of nitrogens with two attached hydrogens (primary N) is 3. The minimum atomic E-state index is -5.08. The number of primary amides is 1. The van der Waals surface area contributed by atoms with Crippen LogP contribution in [0.3, 0.4) is 0 Å². The normalized spacial score (nSPS) is 13.9. The maximum atomic E-state index is 13.5. The summed E-state index contributed by atoms with van der Waals surface area (Å²) in [5, 5.41) is 64.8. The smallest absolute Gasteiger partial charge is 0.481 e. The van der Waals surface area contributed by atoms with Crippen molar-refractivity contribution in [2.45, 2.75) is 127 Å². The van der Waals surface area contributed by atoms with E-state index in [1.165, 1.54) is 20.8 Å². The lowest BCUT2D eigenvalue weighted by molar-refractivity contribution is -0.192. The van der Waals surface area contributed by atoms with Crippen LogP contribution in [0.2, 0.25) is 0 Å². The summed E-state index contributed by atoms with van der Waals surface area (Å²) in [5.41, 5.74) is 17.5. The minimum Gasteiger partial charge on any atom is -0.481 e. The Kier molecular flexibility index (Phi) is 31.9. The number of aliphatic hydroxyl groups excluding tert-OH is 1. The lowest BCUT2D eigenvalue weighted by Gasteiger charge is -2.27. The van der Waals surface area contributed by atoms with Crippen LogP contribution in [0.25, 0.3) is 0 Å². The maximum absolute atomic E-state index is 13.5. The number of amides is 10. The van der Waals surface area contributed by atoms with E-state index < -0.39 is 189 Å². The first-order valence-corrected chi connectivity index (χ1v) is 23.7. The van der Waals surface area contributed by atoms with Crippen LogP contribution in [0.1, 0.15) is 71.3 Å². The molecule has 8 unspecified atom stereocenters. The van der Waals surface area contributed by atoms with Crippen molar-refractivity contribution in [2.75, 3.05) is 26.2 Å². The number of carboxylic acids is 4. The molecule has 0 aromatic heterocycles. The van der Waals surface area contributed by atoms with Gasteiger partial charge in [0.25, 0.3) is 0 Å². The number of benzene rings is 1. The van der Waals surface area contributed by atoms with Gasteiger partial charge in [-0.05, 0) is 57.1 Å². The van der Waals surface area contributed by atoms with Gasteiger partial charge in [0.15, 0.2) is 0 Å². The molecular formula is C45H67F3N12O19. The van der Waals surface area contributed by atoms with Crippen LogP contribution in [-0.2, 0) is 73.5 Å². The van der Waals surface area contributed by atoms with Gasteiger partial charge >= 0.3 is 30.1 Å². The average Bonchev–Trinajstić information content (AvgIpc) is 3.35. The molecule has 0 bridgehead atoms. The van der Waals surface area contributed by atoms with Crippen molar-refractivity contribution in [1.82, 2.24) is 47.9 Å². The standard InChI is InChI=1S/C43H66N12O17.C2HF3O2/c1-21(2)35(43(72)47-18-31(58)50-29(20-56)42(71)53-27(16-30(46)57)40(69)52-25(11-7-8-14-44)38(67)48-19-34(63)64)55-41(70)28(17-33(61)62)54-39(68)26(12-13-32(59)60)51-36(65)22(3)49-37(66)24(45)15-23-9-5-4-6-10-23;3-2(4,5)1(6)7/h4-6,9-10,21-22,24-29,35,56H,7-8,11-20,44-45H2,1-3H3,(H2,46,57)(H,47,72)(H,48,67)(H,49,66)(H,50,58)(H,51,65)(H,52,69)(H,53,71)(H,54,68)(H,55,70)(H,59,60)(H,61,62)(H,63,64);(H,6,7). The fourth-order valence-corrected chi connectivity index (χ4v) is 6.34. The largest absolute Gasteiger partial charge is 0.490 e. The molecule has 1 aromatic rings. The molecule has 31 nitrogen and oxygen atoms in total. The summed E-state index contributed by atoms with van der Waals surface area (Å²) >= 11 is 0. The Hall–Kier alpha value is -8.53. The summed E-state index contributed by atoms with van der Waals surface area (Å²) in [4.78, 5) is 173. The summed E-state index contributed by atoms with van der Waals surface area (Å²) in [6.45, 7) is 1.56. The van der Waals surface area contributed by atoms with Gasteiger partial charge in [-0.15, -0.1) is 0 Å². The van der Waals surface area contributed by atoms with E-state index in [0.29, 0.717) is 12.8 Å². The number of aliphatic carboxylic acids is 4. The molecule has 0 saturated heterocycles. The molecule has 0 spiro atoms. The molecule has 442 valence electrons. The molecule has 34 heteroatoms. The summed E-state index contributed by atoms with van der Waals surface area (Å²) in [6, 6.07) is -3.79. The Morgan fingerprint density at radius 2 is 1.05 bits per heavy atom. The van der Waals surface area contributed by atoms with Gasteiger partial charge in [0, 0.05) is 6.42 Å². The van der Waals surface area contributed by atoms with Crippen LogP contribution in [0, 0.1) is 5.92 Å². The average molecular weight is 1140 g/mol. The Morgan fingerprint density at radius 3 is 1.54 bits per heavy atom. The zero-order valence-corrected chi connectivity index (χ0v) is 42.9. The molecule has 1 aromatic carbocycles. The van der Waals surface area contributed by atoms with Gasteiger partial charge in [-0.1, -0.05) is 44.2 Å². The first-order valence-electron chi connectivity index (χ1n) is 23.7. The Bertz CT molecular complexity index is 2310. The highest BCUT2D eigenvalue weighted by molar-refractivity contribution is 5.99. The number of hydrogen-bond acceptors (Lipinski definition) is 17. The van der Waals surface area contributed by atoms with Gasteiger partial charge < -0.3 is 90.6 Å². The zero-order chi connectivity index (χ0) is 60.7. The van der Waals surface area contributed by atoms with Crippen LogP contribution in [-0.4, -0.2) is 189 Å². The number of rotatable bonds is 34. The number of aliphatic hydroxyl groups is 1. The van der Waals surface area contributed by atoms with E-state index in [9.17, 15) is 90.8 Å². The Labute approximate surface area is 447 Å². The third-order valence-electron chi connectivity index (χ3n) is 10.5. The fraction of sp³-hybridized carbons (Fsp3) is 0.556. The molecule has 1 rings (SSSR count). The third kappa shape index (κ3) is 29.5. The number of carboxylic acid groups (broad SMARTS) is 4. The summed E-state index contributed by atoms with van der Waals surface area (Å²) < 4.78 is 31.7. The van der Waals surface area contributed by atoms with Crippen molar-refractivity contribution in [3.63, 3.8) is 0 Å². The number of carbonyl (C=O) groups is 14. The second kappa shape index (κ2) is 35.7. The van der Waals surface area contributed by atoms with E-state index in [1.54, 1.807) is 30.3 Å². The van der Waals surface area contributed by atoms with Crippen LogP contribution in [0.4, 0.5) is 13.2 Å². The van der Waals surface area contributed by atoms with Gasteiger partial charge in [-0.3, -0.25) is 62.3 Å². The highest BCUT2D eigenvalue weighted by Gasteiger charge is 2.38. The SMILES string of the molecule is CC(NC(=O)C(N)Cc1ccccc1)C(=O)NC(CCC(=O)O)C(=O)NC(CC(=O)O)C(=O)NC(C(=O)NCC(=O)NC(CO)C(=O)NC(CC(N)=O)C(=O)NC(CCCCN)C(=O)NCC(=O)O)C(C)C.O=C(O)C(F)(F)F. The number of carbonyl (C=O) groups excluding carboxylic acids is 10. The van der Waals surface area contributed by atoms with Crippen molar-refractivity contribution in [2.24, 2.45) is 23.1 Å². The van der Waals surface area contributed by atoms with Crippen LogP contribution in [0.5, 0.6) is 0 Å². The molecular weight excluding hydrogens is 1070 g/mol. The van der Waals surface area contributed by atoms with Crippen molar-refractivity contribution in [3.05, 3.63) is 35.9 Å². The van der Waals surface area contributed by atoms with Gasteiger partial charge in [-0.25, -0.2) is 4.79 Å². The minimum absolute atomic E-state index is 0.0258. The van der Waals surface area contributed by atoms with E-state index in [-0.39, 0.29) is 19.4 Å². The molecule has 0 radical (unpaired) electrons. The molecule has 0 fully saturated rings. The lowest BCUT2D eigenvalue weighted by Crippen LogP contribution is -2.60. The molecule has 0 aliphatic carbocycles. The lowest BCUT2D eigenvalue weighted by atomic mass is 10.0. The zero-order valence-electron chi connectivity index (χ0n) is 42.9. The number of unbranched alkanes of at least 4 members (excludes halogenated alkanes) is 1. The van der Waals surface area contributed by atoms with Crippen molar-refractivity contribution in [3.8, 4) is 0 Å². The molecule has 0 heterocycles. The third-order valence-corrected chi connectivity index (χ3v) is 10.5. The second-order valence-corrected chi connectivity index (χ2v) is 17.4. The van der Waals surface area contributed by atoms with E-state index >= 15 is 0 Å². The monoisotopic (exact) mass is 1140 g/mol. The van der Waals surface area contributed by atoms with Crippen LogP contribution < -0.4 is 65.1 Å². The van der Waals surface area contributed by atoms with Crippen LogP contribution in [0.15, 0.2) is 30.3 Å². The summed E-state index contributed by atoms with van der Waals surface area (Å²) in [7, 11) is 0. The van der Waals surface area contributed by atoms with E-state index in [4.69, 9.17) is 32.2 Å². The molecule has 8 atom stereocenters. The predicted octanol–water partition coefficient (Wildman–Crippen LogP) is -6.09. The highest BCUT2D eigenvalue weighted by atomic mass is 19.4. The van der Waals surface area contributed by atoms with Crippen LogP contribution >= 0.6 is 0 Å². The number of hydrogen-bond donors (Lipinski definition) is 17. The van der Waals surface area contributed by atoms with Crippen molar-refractivity contribution < 1.29 is 106 Å². The Morgan fingerprint density at radius 1 is 0.557 bits per heavy atom. The molecule has 0 aliphatic rings. The topological polar surface area (TPSA) is 526 Å². The predicted molar refractivity (Wildman–Crippen MR) is 262 cm³/mol. The van der Waals surface area contributed by atoms with Crippen molar-refractivity contribution >= 4 is 82.9 Å². The Balaban J connectivity index is 0.00000809. The van der Waals surface area contributed by atoms with Gasteiger partial charge in [0.1, 0.15) is 48.8 Å². The molecule has 10 amide bonds. The van der Waals surface area contributed by atoms with E-state index in [1.807, 2.05) is 0 Å².